The molecule has 0 amide bonds. The first kappa shape index (κ1) is 17.3. The maximum atomic E-state index is 12.9. The van der Waals surface area contributed by atoms with E-state index in [0.29, 0.717) is 10.6 Å². The molecule has 2 heterocycles. The van der Waals surface area contributed by atoms with Gasteiger partial charge in [-0.2, -0.15) is 13.2 Å². The van der Waals surface area contributed by atoms with Gasteiger partial charge < -0.3 is 0 Å². The maximum Gasteiger partial charge on any atom is 0.433 e. The minimum Gasteiger partial charge on any atom is -0.208 e. The number of aromatic nitrogens is 3. The summed E-state index contributed by atoms with van der Waals surface area (Å²) in [5.41, 5.74) is -0.902. The summed E-state index contributed by atoms with van der Waals surface area (Å²) in [7, 11) is 0. The van der Waals surface area contributed by atoms with Crippen LogP contribution in [0.2, 0.25) is 0 Å². The molecular weight excluding hydrogens is 262 g/mol. The van der Waals surface area contributed by atoms with Gasteiger partial charge in [-0.3, -0.25) is 0 Å². The van der Waals surface area contributed by atoms with Crippen LogP contribution in [0.3, 0.4) is 0 Å². The van der Waals surface area contributed by atoms with Gasteiger partial charge in [-0.15, -0.1) is 5.10 Å². The highest BCUT2D eigenvalue weighted by Crippen LogP contribution is 2.30. The Balaban J connectivity index is 0.000000741. The summed E-state index contributed by atoms with van der Waals surface area (Å²) in [5, 5.41) is 6.76. The van der Waals surface area contributed by atoms with Crippen molar-refractivity contribution < 1.29 is 17.6 Å². The van der Waals surface area contributed by atoms with Crippen LogP contribution in [0.4, 0.5) is 17.6 Å². The summed E-state index contributed by atoms with van der Waals surface area (Å²) in [6, 6.07) is 1.35. The summed E-state index contributed by atoms with van der Waals surface area (Å²) in [5.74, 6) is -0.958. The molecule has 0 aromatic carbocycles. The van der Waals surface area contributed by atoms with Crippen molar-refractivity contribution in [3.05, 3.63) is 29.3 Å². The van der Waals surface area contributed by atoms with E-state index in [1.165, 1.54) is 6.92 Å². The molecule has 0 saturated carbocycles. The molecule has 0 unspecified atom stereocenters. The second kappa shape index (κ2) is 7.06. The zero-order valence-corrected chi connectivity index (χ0v) is 11.5. The Kier molecular flexibility index (Phi) is 6.44. The predicted octanol–water partition coefficient (Wildman–Crippen LogP) is 4.25. The average Bonchev–Trinajstić information content (AvgIpc) is 2.74. The molecule has 0 fully saturated rings. The number of pyridine rings is 1. The minimum absolute atomic E-state index is 0.0160. The van der Waals surface area contributed by atoms with E-state index in [4.69, 9.17) is 0 Å². The number of halogens is 4. The van der Waals surface area contributed by atoms with Crippen LogP contribution >= 0.6 is 0 Å². The van der Waals surface area contributed by atoms with E-state index >= 15 is 0 Å². The lowest BCUT2D eigenvalue weighted by atomic mass is 10.3. The molecule has 3 nitrogen and oxygen atoms in total. The first-order valence-corrected chi connectivity index (χ1v) is 5.98. The van der Waals surface area contributed by atoms with Gasteiger partial charge >= 0.3 is 6.18 Å². The van der Waals surface area contributed by atoms with Crippen LogP contribution in [0.25, 0.3) is 5.52 Å². The van der Waals surface area contributed by atoms with Crippen LogP contribution in [0.15, 0.2) is 12.1 Å². The van der Waals surface area contributed by atoms with Crippen molar-refractivity contribution in [2.75, 3.05) is 0 Å². The third kappa shape index (κ3) is 3.90. The Morgan fingerprint density at radius 1 is 1.05 bits per heavy atom. The molecule has 2 aromatic rings. The number of hydrogen-bond acceptors (Lipinski definition) is 2. The lowest BCUT2D eigenvalue weighted by Gasteiger charge is -2.08. The number of nitrogens with zero attached hydrogens (tertiary/aromatic N) is 3. The Bertz CT molecular complexity index is 517. The summed E-state index contributed by atoms with van der Waals surface area (Å²) in [4.78, 5) is 0. The third-order valence-electron chi connectivity index (χ3n) is 1.95. The Labute approximate surface area is 109 Å². The lowest BCUT2D eigenvalue weighted by Crippen LogP contribution is -2.13. The fourth-order valence-electron chi connectivity index (χ4n) is 1.27. The van der Waals surface area contributed by atoms with E-state index in [1.54, 1.807) is 0 Å². The van der Waals surface area contributed by atoms with Crippen molar-refractivity contribution in [2.24, 2.45) is 0 Å². The van der Waals surface area contributed by atoms with Gasteiger partial charge in [-0.25, -0.2) is 8.91 Å². The predicted molar refractivity (Wildman–Crippen MR) is 65.4 cm³/mol. The Hall–Kier alpha value is -1.66. The van der Waals surface area contributed by atoms with Crippen molar-refractivity contribution in [1.29, 1.82) is 0 Å². The van der Waals surface area contributed by atoms with Crippen molar-refractivity contribution in [3.63, 3.8) is 0 Å². The van der Waals surface area contributed by atoms with Crippen molar-refractivity contribution in [1.82, 2.24) is 14.8 Å². The smallest absolute Gasteiger partial charge is 0.208 e. The Morgan fingerprint density at radius 3 is 2.05 bits per heavy atom. The molecule has 0 aliphatic heterocycles. The van der Waals surface area contributed by atoms with Crippen molar-refractivity contribution in [2.45, 2.75) is 40.8 Å². The molecule has 0 aliphatic rings. The zero-order chi connectivity index (χ0) is 15.2. The monoisotopic (exact) mass is 279 g/mol. The van der Waals surface area contributed by atoms with Gasteiger partial charge in [0.05, 0.1) is 11.2 Å². The first-order valence-electron chi connectivity index (χ1n) is 5.98. The van der Waals surface area contributed by atoms with Crippen LogP contribution in [0, 0.1) is 12.7 Å². The Morgan fingerprint density at radius 2 is 1.58 bits per heavy atom. The molecule has 0 spiro atoms. The van der Waals surface area contributed by atoms with E-state index in [1.807, 2.05) is 27.7 Å². The highest BCUT2D eigenvalue weighted by Gasteiger charge is 2.35. The van der Waals surface area contributed by atoms with Crippen LogP contribution in [-0.4, -0.2) is 14.8 Å². The SMILES string of the molecule is CC.CC.Cc1nnn2c(C(F)(F)F)cc(F)cc12. The molecule has 0 aliphatic carbocycles. The standard InChI is InChI=1S/C8H5F4N3.2C2H6/c1-4-6-2-5(9)3-7(8(10,11)12)15(6)14-13-4;2*1-2/h2-3H,1H3;2*1-2H3. The number of fused-ring (bicyclic) bond motifs is 1. The molecule has 2 aromatic heterocycles. The summed E-state index contributed by atoms with van der Waals surface area (Å²) < 4.78 is 50.9. The molecule has 0 bridgehead atoms. The first-order chi connectivity index (χ1) is 8.89. The number of aryl methyl sites for hydroxylation is 1. The molecule has 7 heteroatoms. The van der Waals surface area contributed by atoms with E-state index in [-0.39, 0.29) is 11.2 Å². The van der Waals surface area contributed by atoms with Crippen molar-refractivity contribution >= 4 is 5.52 Å². The summed E-state index contributed by atoms with van der Waals surface area (Å²) in [6.07, 6.45) is -4.65. The molecule has 0 atom stereocenters. The molecular formula is C12H17F4N3. The summed E-state index contributed by atoms with van der Waals surface area (Å²) in [6.45, 7) is 9.46. The van der Waals surface area contributed by atoms with Crippen molar-refractivity contribution in [3.8, 4) is 0 Å². The van der Waals surface area contributed by atoms with Gasteiger partial charge in [0.15, 0.2) is 5.69 Å². The van der Waals surface area contributed by atoms with Gasteiger partial charge in [0.1, 0.15) is 5.82 Å². The number of alkyl halides is 3. The normalized spacial score (nSPS) is 10.4. The highest BCUT2D eigenvalue weighted by atomic mass is 19.4. The minimum atomic E-state index is -4.65. The van der Waals surface area contributed by atoms with Crippen LogP contribution in [-0.2, 0) is 6.18 Å². The second-order valence-corrected chi connectivity index (χ2v) is 3.03. The topological polar surface area (TPSA) is 30.2 Å². The molecule has 0 N–H and O–H groups in total. The molecule has 2 rings (SSSR count). The largest absolute Gasteiger partial charge is 0.433 e. The molecule has 108 valence electrons. The van der Waals surface area contributed by atoms with Gasteiger partial charge in [0.2, 0.25) is 0 Å². The zero-order valence-electron chi connectivity index (χ0n) is 11.5. The van der Waals surface area contributed by atoms with Gasteiger partial charge in [-0.05, 0) is 6.92 Å². The maximum absolute atomic E-state index is 12.9. The quantitative estimate of drug-likeness (QED) is 0.675. The molecule has 0 saturated heterocycles. The highest BCUT2D eigenvalue weighted by molar-refractivity contribution is 5.51. The van der Waals surface area contributed by atoms with E-state index < -0.39 is 17.7 Å². The summed E-state index contributed by atoms with van der Waals surface area (Å²) >= 11 is 0. The molecule has 19 heavy (non-hydrogen) atoms. The average molecular weight is 279 g/mol. The number of rotatable bonds is 0. The van der Waals surface area contributed by atoms with Crippen LogP contribution < -0.4 is 0 Å². The van der Waals surface area contributed by atoms with Gasteiger partial charge in [0, 0.05) is 12.1 Å². The van der Waals surface area contributed by atoms with E-state index in [9.17, 15) is 17.6 Å². The van der Waals surface area contributed by atoms with E-state index in [0.717, 1.165) is 6.07 Å². The number of hydrogen-bond donors (Lipinski definition) is 0. The van der Waals surface area contributed by atoms with Crippen LogP contribution in [0.5, 0.6) is 0 Å². The van der Waals surface area contributed by atoms with E-state index in [2.05, 4.69) is 10.3 Å². The fourth-order valence-corrected chi connectivity index (χ4v) is 1.27. The lowest BCUT2D eigenvalue weighted by molar-refractivity contribution is -0.142. The van der Waals surface area contributed by atoms with Gasteiger partial charge in [0.25, 0.3) is 0 Å². The fraction of sp³-hybridized carbons (Fsp3) is 0.500. The third-order valence-corrected chi connectivity index (χ3v) is 1.95. The van der Waals surface area contributed by atoms with Crippen LogP contribution in [0.1, 0.15) is 39.1 Å². The second-order valence-electron chi connectivity index (χ2n) is 3.03. The van der Waals surface area contributed by atoms with Gasteiger partial charge in [-0.1, -0.05) is 32.9 Å². The molecule has 0 radical (unpaired) electrons.